The smallest absolute Gasteiger partial charge is 0.289 e. The zero-order valence-electron chi connectivity index (χ0n) is 8.75. The summed E-state index contributed by atoms with van der Waals surface area (Å²) < 4.78 is 5.00. The number of carbonyl (C=O) groups is 1. The Kier molecular flexibility index (Phi) is 3.01. The number of nitrogens with zero attached hydrogens (tertiary/aromatic N) is 1. The molecule has 2 heterocycles. The molecule has 0 bridgehead atoms. The van der Waals surface area contributed by atoms with Gasteiger partial charge in [0.1, 0.15) is 0 Å². The molecule has 15 heavy (non-hydrogen) atoms. The van der Waals surface area contributed by atoms with Gasteiger partial charge < -0.3 is 15.1 Å². The molecule has 0 radical (unpaired) electrons. The van der Waals surface area contributed by atoms with Crippen molar-refractivity contribution >= 4 is 5.91 Å². The first-order valence-electron chi connectivity index (χ1n) is 5.16. The van der Waals surface area contributed by atoms with Crippen LogP contribution in [-0.4, -0.2) is 30.5 Å². The third kappa shape index (κ3) is 2.36. The predicted molar refractivity (Wildman–Crippen MR) is 54.5 cm³/mol. The van der Waals surface area contributed by atoms with Crippen molar-refractivity contribution in [2.75, 3.05) is 19.6 Å². The molecule has 1 amide bonds. The maximum absolute atomic E-state index is 11.6. The lowest BCUT2D eigenvalue weighted by Crippen LogP contribution is -2.30. The molecule has 1 fully saturated rings. The van der Waals surface area contributed by atoms with E-state index in [0.29, 0.717) is 23.9 Å². The van der Waals surface area contributed by atoms with E-state index in [4.69, 9.17) is 4.42 Å². The molecule has 1 aliphatic rings. The molecule has 1 unspecified atom stereocenters. The van der Waals surface area contributed by atoms with Crippen LogP contribution in [0.2, 0.25) is 0 Å². The van der Waals surface area contributed by atoms with Crippen LogP contribution in [0.5, 0.6) is 0 Å². The zero-order valence-corrected chi connectivity index (χ0v) is 8.75. The summed E-state index contributed by atoms with van der Waals surface area (Å²) in [6.07, 6.45) is 2.41. The van der Waals surface area contributed by atoms with E-state index < -0.39 is 0 Å². The van der Waals surface area contributed by atoms with E-state index in [9.17, 15) is 4.79 Å². The highest BCUT2D eigenvalue weighted by Gasteiger charge is 2.18. The highest BCUT2D eigenvalue weighted by Crippen LogP contribution is 2.07. The molecular formula is C10H15N3O2. The van der Waals surface area contributed by atoms with Crippen molar-refractivity contribution < 1.29 is 9.21 Å². The number of nitrogens with one attached hydrogen (secondary N) is 2. The number of carbonyl (C=O) groups excluding carboxylic acids is 1. The Hall–Kier alpha value is -1.36. The van der Waals surface area contributed by atoms with Crippen molar-refractivity contribution in [3.05, 3.63) is 17.8 Å². The fourth-order valence-corrected chi connectivity index (χ4v) is 1.73. The monoisotopic (exact) mass is 209 g/mol. The fourth-order valence-electron chi connectivity index (χ4n) is 1.73. The Morgan fingerprint density at radius 2 is 2.67 bits per heavy atom. The van der Waals surface area contributed by atoms with E-state index >= 15 is 0 Å². The number of aryl methyl sites for hydroxylation is 1. The van der Waals surface area contributed by atoms with Crippen LogP contribution in [0, 0.1) is 12.8 Å². The van der Waals surface area contributed by atoms with E-state index in [1.807, 2.05) is 0 Å². The van der Waals surface area contributed by atoms with Crippen molar-refractivity contribution in [2.45, 2.75) is 13.3 Å². The van der Waals surface area contributed by atoms with Gasteiger partial charge in [-0.05, 0) is 32.4 Å². The van der Waals surface area contributed by atoms with Gasteiger partial charge in [-0.3, -0.25) is 4.79 Å². The number of amides is 1. The van der Waals surface area contributed by atoms with Gasteiger partial charge in [0.05, 0.1) is 5.69 Å². The van der Waals surface area contributed by atoms with Crippen molar-refractivity contribution in [1.29, 1.82) is 0 Å². The van der Waals surface area contributed by atoms with Crippen LogP contribution < -0.4 is 10.6 Å². The highest BCUT2D eigenvalue weighted by atomic mass is 16.3. The second kappa shape index (κ2) is 4.44. The Morgan fingerprint density at radius 3 is 3.27 bits per heavy atom. The molecule has 0 aliphatic carbocycles. The molecule has 1 aliphatic heterocycles. The molecule has 1 saturated heterocycles. The van der Waals surface area contributed by atoms with Gasteiger partial charge in [0.15, 0.2) is 6.39 Å². The summed E-state index contributed by atoms with van der Waals surface area (Å²) >= 11 is 0. The Bertz CT molecular complexity index is 342. The highest BCUT2D eigenvalue weighted by molar-refractivity contribution is 5.92. The molecule has 5 nitrogen and oxygen atoms in total. The van der Waals surface area contributed by atoms with Crippen molar-refractivity contribution in [2.24, 2.45) is 5.92 Å². The molecule has 5 heteroatoms. The van der Waals surface area contributed by atoms with Gasteiger partial charge >= 0.3 is 0 Å². The van der Waals surface area contributed by atoms with Gasteiger partial charge in [-0.2, -0.15) is 0 Å². The number of hydrogen-bond donors (Lipinski definition) is 2. The van der Waals surface area contributed by atoms with E-state index in [-0.39, 0.29) is 5.91 Å². The SMILES string of the molecule is Cc1ncoc1C(=O)NCC1CCNC1. The van der Waals surface area contributed by atoms with E-state index in [0.717, 1.165) is 19.5 Å². The van der Waals surface area contributed by atoms with E-state index in [1.165, 1.54) is 6.39 Å². The summed E-state index contributed by atoms with van der Waals surface area (Å²) in [7, 11) is 0. The van der Waals surface area contributed by atoms with Crippen LogP contribution in [0.1, 0.15) is 22.7 Å². The zero-order chi connectivity index (χ0) is 10.7. The number of hydrogen-bond acceptors (Lipinski definition) is 4. The number of rotatable bonds is 3. The summed E-state index contributed by atoms with van der Waals surface area (Å²) in [5, 5.41) is 6.11. The first kappa shape index (κ1) is 10.2. The molecule has 1 aromatic rings. The molecule has 0 saturated carbocycles. The van der Waals surface area contributed by atoms with Crippen molar-refractivity contribution in [1.82, 2.24) is 15.6 Å². The van der Waals surface area contributed by atoms with Crippen LogP contribution in [-0.2, 0) is 0 Å². The van der Waals surface area contributed by atoms with Gasteiger partial charge in [-0.25, -0.2) is 4.98 Å². The summed E-state index contributed by atoms with van der Waals surface area (Å²) in [6.45, 7) is 4.49. The molecule has 0 spiro atoms. The Morgan fingerprint density at radius 1 is 1.80 bits per heavy atom. The molecule has 1 aromatic heterocycles. The first-order chi connectivity index (χ1) is 7.27. The average molecular weight is 209 g/mol. The lowest BCUT2D eigenvalue weighted by molar-refractivity contribution is 0.0919. The molecule has 1 atom stereocenters. The summed E-state index contributed by atoms with van der Waals surface area (Å²) in [5.74, 6) is 0.690. The molecule has 2 N–H and O–H groups in total. The Balaban J connectivity index is 1.84. The second-order valence-corrected chi connectivity index (χ2v) is 3.84. The van der Waals surface area contributed by atoms with E-state index in [2.05, 4.69) is 15.6 Å². The van der Waals surface area contributed by atoms with Crippen molar-refractivity contribution in [3.8, 4) is 0 Å². The minimum atomic E-state index is -0.170. The maximum atomic E-state index is 11.6. The minimum absolute atomic E-state index is 0.170. The largest absolute Gasteiger partial charge is 0.438 e. The standard InChI is InChI=1S/C10H15N3O2/c1-7-9(15-6-13-7)10(14)12-5-8-2-3-11-4-8/h6,8,11H,2-5H2,1H3,(H,12,14). The van der Waals surface area contributed by atoms with Crippen LogP contribution in [0.25, 0.3) is 0 Å². The van der Waals surface area contributed by atoms with Gasteiger partial charge in [0.2, 0.25) is 5.76 Å². The average Bonchev–Trinajstić information content (AvgIpc) is 2.84. The van der Waals surface area contributed by atoms with Gasteiger partial charge in [0.25, 0.3) is 5.91 Å². The van der Waals surface area contributed by atoms with Crippen LogP contribution in [0.3, 0.4) is 0 Å². The second-order valence-electron chi connectivity index (χ2n) is 3.84. The molecule has 2 rings (SSSR count). The summed E-state index contributed by atoms with van der Waals surface area (Å²) in [5.41, 5.74) is 0.636. The Labute approximate surface area is 88.3 Å². The molecule has 82 valence electrons. The lowest BCUT2D eigenvalue weighted by atomic mass is 10.1. The van der Waals surface area contributed by atoms with Crippen LogP contribution in [0.15, 0.2) is 10.8 Å². The fraction of sp³-hybridized carbons (Fsp3) is 0.600. The maximum Gasteiger partial charge on any atom is 0.289 e. The number of aromatic nitrogens is 1. The predicted octanol–water partition coefficient (Wildman–Crippen LogP) is 0.322. The van der Waals surface area contributed by atoms with Crippen LogP contribution in [0.4, 0.5) is 0 Å². The number of oxazole rings is 1. The van der Waals surface area contributed by atoms with Crippen LogP contribution >= 0.6 is 0 Å². The van der Waals surface area contributed by atoms with Crippen molar-refractivity contribution in [3.63, 3.8) is 0 Å². The topological polar surface area (TPSA) is 67.2 Å². The van der Waals surface area contributed by atoms with Gasteiger partial charge in [-0.15, -0.1) is 0 Å². The first-order valence-corrected chi connectivity index (χ1v) is 5.16. The summed E-state index contributed by atoms with van der Waals surface area (Å²) in [6, 6.07) is 0. The van der Waals surface area contributed by atoms with Gasteiger partial charge in [-0.1, -0.05) is 0 Å². The third-order valence-electron chi connectivity index (χ3n) is 2.67. The lowest BCUT2D eigenvalue weighted by Gasteiger charge is -2.08. The quantitative estimate of drug-likeness (QED) is 0.752. The summed E-state index contributed by atoms with van der Waals surface area (Å²) in [4.78, 5) is 15.5. The van der Waals surface area contributed by atoms with E-state index in [1.54, 1.807) is 6.92 Å². The molecular weight excluding hydrogens is 194 g/mol. The normalized spacial score (nSPS) is 20.5. The minimum Gasteiger partial charge on any atom is -0.438 e. The molecule has 0 aromatic carbocycles. The third-order valence-corrected chi connectivity index (χ3v) is 2.67. The van der Waals surface area contributed by atoms with Gasteiger partial charge in [0, 0.05) is 6.54 Å².